The van der Waals surface area contributed by atoms with E-state index in [0.717, 1.165) is 12.7 Å². The van der Waals surface area contributed by atoms with Gasteiger partial charge in [-0.2, -0.15) is 0 Å². The average Bonchev–Trinajstić information content (AvgIpc) is 3.07. The van der Waals surface area contributed by atoms with Crippen LogP contribution in [0.3, 0.4) is 0 Å². The van der Waals surface area contributed by atoms with E-state index in [4.69, 9.17) is 4.74 Å². The summed E-state index contributed by atoms with van der Waals surface area (Å²) >= 11 is 0. The maximum Gasteiger partial charge on any atom is 0.245 e. The highest BCUT2D eigenvalue weighted by Crippen LogP contribution is 2.35. The fourth-order valence-corrected chi connectivity index (χ4v) is 5.06. The van der Waals surface area contributed by atoms with Crippen LogP contribution in [0.4, 0.5) is 11.4 Å². The standard InChI is InChI=1S/C18H25N3O5S/c1-26-15-12-13(5-6-14(15)21-11-3-4-16(21)22)20-17(23)18(27(2,24)25)7-9-19-10-8-18/h5-6,12,19H,3-4,7-11H2,1-2H3,(H,20,23). The van der Waals surface area contributed by atoms with Crippen molar-refractivity contribution in [3.8, 4) is 5.75 Å². The Morgan fingerprint density at radius 2 is 2.00 bits per heavy atom. The van der Waals surface area contributed by atoms with Crippen LogP contribution >= 0.6 is 0 Å². The molecule has 148 valence electrons. The number of nitrogens with one attached hydrogen (secondary N) is 2. The first-order valence-corrected chi connectivity index (χ1v) is 10.9. The third kappa shape index (κ3) is 3.66. The number of amides is 2. The zero-order valence-corrected chi connectivity index (χ0v) is 16.4. The van der Waals surface area contributed by atoms with Gasteiger partial charge in [-0.1, -0.05) is 0 Å². The van der Waals surface area contributed by atoms with Crippen molar-refractivity contribution in [2.24, 2.45) is 0 Å². The van der Waals surface area contributed by atoms with Gasteiger partial charge in [-0.15, -0.1) is 0 Å². The van der Waals surface area contributed by atoms with E-state index in [0.29, 0.717) is 43.2 Å². The van der Waals surface area contributed by atoms with Crippen LogP contribution in [0.1, 0.15) is 25.7 Å². The van der Waals surface area contributed by atoms with Gasteiger partial charge < -0.3 is 20.3 Å². The van der Waals surface area contributed by atoms with E-state index >= 15 is 0 Å². The summed E-state index contributed by atoms with van der Waals surface area (Å²) in [6, 6.07) is 5.00. The first kappa shape index (κ1) is 19.6. The summed E-state index contributed by atoms with van der Waals surface area (Å²) < 4.78 is 28.7. The maximum atomic E-state index is 12.9. The largest absolute Gasteiger partial charge is 0.494 e. The second-order valence-corrected chi connectivity index (χ2v) is 9.33. The SMILES string of the molecule is COc1cc(NC(=O)C2(S(C)(=O)=O)CCNCC2)ccc1N1CCCC1=O. The fraction of sp³-hybridized carbons (Fsp3) is 0.556. The lowest BCUT2D eigenvalue weighted by atomic mass is 9.95. The number of anilines is 2. The van der Waals surface area contributed by atoms with Gasteiger partial charge in [0.05, 0.1) is 12.8 Å². The van der Waals surface area contributed by atoms with E-state index < -0.39 is 20.5 Å². The van der Waals surface area contributed by atoms with Gasteiger partial charge in [0.2, 0.25) is 11.8 Å². The van der Waals surface area contributed by atoms with Crippen molar-refractivity contribution >= 4 is 33.0 Å². The lowest BCUT2D eigenvalue weighted by molar-refractivity contribution is -0.119. The molecule has 8 nitrogen and oxygen atoms in total. The quantitative estimate of drug-likeness (QED) is 0.768. The summed E-state index contributed by atoms with van der Waals surface area (Å²) in [6.07, 6.45) is 2.88. The lowest BCUT2D eigenvalue weighted by Gasteiger charge is -2.34. The molecule has 0 aliphatic carbocycles. The molecule has 0 saturated carbocycles. The molecule has 2 aliphatic rings. The zero-order valence-electron chi connectivity index (χ0n) is 15.6. The molecule has 0 atom stereocenters. The van der Waals surface area contributed by atoms with Crippen LogP contribution in [-0.2, 0) is 19.4 Å². The summed E-state index contributed by atoms with van der Waals surface area (Å²) in [5, 5.41) is 5.82. The Bertz CT molecular complexity index is 847. The van der Waals surface area contributed by atoms with E-state index in [1.165, 1.54) is 7.11 Å². The van der Waals surface area contributed by atoms with Crippen molar-refractivity contribution < 1.29 is 22.7 Å². The Kier molecular flexibility index (Phi) is 5.43. The van der Waals surface area contributed by atoms with Crippen LogP contribution in [-0.4, -0.2) is 58.0 Å². The van der Waals surface area contributed by atoms with E-state index in [2.05, 4.69) is 10.6 Å². The van der Waals surface area contributed by atoms with Gasteiger partial charge in [0.1, 0.15) is 5.75 Å². The van der Waals surface area contributed by atoms with Crippen molar-refractivity contribution in [1.82, 2.24) is 5.32 Å². The Morgan fingerprint density at radius 3 is 2.56 bits per heavy atom. The van der Waals surface area contributed by atoms with Gasteiger partial charge in [0, 0.05) is 31.0 Å². The molecule has 0 aromatic heterocycles. The molecule has 1 aromatic carbocycles. The number of hydrogen-bond donors (Lipinski definition) is 2. The molecule has 2 saturated heterocycles. The molecule has 2 amide bonds. The summed E-state index contributed by atoms with van der Waals surface area (Å²) in [7, 11) is -2.09. The van der Waals surface area contributed by atoms with Gasteiger partial charge in [-0.25, -0.2) is 8.42 Å². The van der Waals surface area contributed by atoms with Crippen molar-refractivity contribution in [3.05, 3.63) is 18.2 Å². The number of carbonyl (C=O) groups is 2. The molecule has 0 unspecified atom stereocenters. The van der Waals surface area contributed by atoms with Crippen molar-refractivity contribution in [1.29, 1.82) is 0 Å². The Balaban J connectivity index is 1.86. The highest BCUT2D eigenvalue weighted by atomic mass is 32.2. The first-order valence-electron chi connectivity index (χ1n) is 8.99. The zero-order chi connectivity index (χ0) is 19.7. The van der Waals surface area contributed by atoms with Crippen LogP contribution < -0.4 is 20.3 Å². The molecule has 0 radical (unpaired) electrons. The molecule has 9 heteroatoms. The van der Waals surface area contributed by atoms with E-state index in [1.807, 2.05) is 0 Å². The van der Waals surface area contributed by atoms with Crippen LogP contribution in [0.25, 0.3) is 0 Å². The van der Waals surface area contributed by atoms with Gasteiger partial charge >= 0.3 is 0 Å². The molecule has 0 bridgehead atoms. The first-order chi connectivity index (χ1) is 12.8. The molecule has 2 N–H and O–H groups in total. The molecular weight excluding hydrogens is 370 g/mol. The van der Waals surface area contributed by atoms with Gasteiger partial charge in [0.25, 0.3) is 0 Å². The normalized spacial score (nSPS) is 19.8. The molecule has 3 rings (SSSR count). The summed E-state index contributed by atoms with van der Waals surface area (Å²) in [4.78, 5) is 26.6. The molecular formula is C18H25N3O5S. The molecule has 0 spiro atoms. The van der Waals surface area contributed by atoms with Crippen LogP contribution in [0.2, 0.25) is 0 Å². The number of sulfone groups is 1. The second kappa shape index (κ2) is 7.47. The summed E-state index contributed by atoms with van der Waals surface area (Å²) in [5.74, 6) is -0.0314. The molecule has 2 heterocycles. The van der Waals surface area contributed by atoms with E-state index in [9.17, 15) is 18.0 Å². The van der Waals surface area contributed by atoms with Gasteiger partial charge in [-0.05, 0) is 44.5 Å². The molecule has 2 aliphatic heterocycles. The monoisotopic (exact) mass is 395 g/mol. The molecule has 2 fully saturated rings. The number of ether oxygens (including phenoxy) is 1. The number of piperidine rings is 1. The topological polar surface area (TPSA) is 105 Å². The average molecular weight is 395 g/mol. The van der Waals surface area contributed by atoms with Crippen LogP contribution in [0.5, 0.6) is 5.75 Å². The third-order valence-corrected chi connectivity index (χ3v) is 7.35. The Hall–Kier alpha value is -2.13. The van der Waals surface area contributed by atoms with Crippen molar-refractivity contribution in [2.45, 2.75) is 30.4 Å². The summed E-state index contributed by atoms with van der Waals surface area (Å²) in [6.45, 7) is 1.57. The number of rotatable bonds is 5. The van der Waals surface area contributed by atoms with E-state index in [1.54, 1.807) is 23.1 Å². The number of nitrogens with zero attached hydrogens (tertiary/aromatic N) is 1. The molecule has 27 heavy (non-hydrogen) atoms. The number of methoxy groups -OCH3 is 1. The van der Waals surface area contributed by atoms with Gasteiger partial charge in [0.15, 0.2) is 14.6 Å². The smallest absolute Gasteiger partial charge is 0.245 e. The second-order valence-electron chi connectivity index (χ2n) is 7.01. The predicted molar refractivity (Wildman–Crippen MR) is 103 cm³/mol. The third-order valence-electron chi connectivity index (χ3n) is 5.34. The predicted octanol–water partition coefficient (Wildman–Crippen LogP) is 0.927. The van der Waals surface area contributed by atoms with Crippen molar-refractivity contribution in [2.75, 3.05) is 43.2 Å². The van der Waals surface area contributed by atoms with Crippen LogP contribution in [0, 0.1) is 0 Å². The maximum absolute atomic E-state index is 12.9. The minimum atomic E-state index is -3.59. The summed E-state index contributed by atoms with van der Waals surface area (Å²) in [5.41, 5.74) is 1.09. The van der Waals surface area contributed by atoms with Crippen LogP contribution in [0.15, 0.2) is 18.2 Å². The van der Waals surface area contributed by atoms with E-state index in [-0.39, 0.29) is 18.7 Å². The fourth-order valence-electron chi connectivity index (χ4n) is 3.72. The minimum Gasteiger partial charge on any atom is -0.494 e. The number of benzene rings is 1. The van der Waals surface area contributed by atoms with Crippen molar-refractivity contribution in [3.63, 3.8) is 0 Å². The minimum absolute atomic E-state index is 0.0378. The number of carbonyl (C=O) groups excluding carboxylic acids is 2. The lowest BCUT2D eigenvalue weighted by Crippen LogP contribution is -2.55. The number of hydrogen-bond acceptors (Lipinski definition) is 6. The Morgan fingerprint density at radius 1 is 1.30 bits per heavy atom. The molecule has 1 aromatic rings. The highest BCUT2D eigenvalue weighted by molar-refractivity contribution is 7.92. The highest BCUT2D eigenvalue weighted by Gasteiger charge is 2.48. The Labute approximate surface area is 159 Å². The van der Waals surface area contributed by atoms with Gasteiger partial charge in [-0.3, -0.25) is 9.59 Å².